The Hall–Kier alpha value is -0.900. The van der Waals surface area contributed by atoms with Crippen LogP contribution in [-0.4, -0.2) is 23.3 Å². The summed E-state index contributed by atoms with van der Waals surface area (Å²) in [4.78, 5) is 0. The molecule has 1 N–H and O–H groups in total. The summed E-state index contributed by atoms with van der Waals surface area (Å²) in [5, 5.41) is 11.7. The standard InChI is InChI=1S/C13H23N3O/c1-3-14-10-6-7-11-15-16-12(17-11)13(2)8-4-5-9-13/h14H,3-10H2,1-2H3. The fourth-order valence-electron chi connectivity index (χ4n) is 2.51. The minimum Gasteiger partial charge on any atom is -0.425 e. The summed E-state index contributed by atoms with van der Waals surface area (Å²) in [5.41, 5.74) is 0.146. The van der Waals surface area contributed by atoms with Crippen LogP contribution in [-0.2, 0) is 11.8 Å². The lowest BCUT2D eigenvalue weighted by Gasteiger charge is -2.17. The van der Waals surface area contributed by atoms with Crippen molar-refractivity contribution in [2.45, 2.75) is 57.8 Å². The molecule has 0 bridgehead atoms. The van der Waals surface area contributed by atoms with Gasteiger partial charge >= 0.3 is 0 Å². The van der Waals surface area contributed by atoms with Crippen molar-refractivity contribution in [1.82, 2.24) is 15.5 Å². The highest BCUT2D eigenvalue weighted by Crippen LogP contribution is 2.39. The lowest BCUT2D eigenvalue weighted by atomic mass is 9.89. The second-order valence-corrected chi connectivity index (χ2v) is 5.23. The van der Waals surface area contributed by atoms with Crippen LogP contribution in [0.4, 0.5) is 0 Å². The molecule has 0 aromatic carbocycles. The molecule has 0 spiro atoms. The van der Waals surface area contributed by atoms with Crippen LogP contribution in [0.15, 0.2) is 4.42 Å². The van der Waals surface area contributed by atoms with E-state index < -0.39 is 0 Å². The largest absolute Gasteiger partial charge is 0.425 e. The summed E-state index contributed by atoms with van der Waals surface area (Å²) < 4.78 is 5.80. The molecular weight excluding hydrogens is 214 g/mol. The molecule has 1 aliphatic carbocycles. The van der Waals surface area contributed by atoms with E-state index in [9.17, 15) is 0 Å². The van der Waals surface area contributed by atoms with Gasteiger partial charge in [0.2, 0.25) is 11.8 Å². The average Bonchev–Trinajstić information content (AvgIpc) is 2.94. The molecule has 4 heteroatoms. The maximum absolute atomic E-state index is 5.80. The molecule has 0 atom stereocenters. The van der Waals surface area contributed by atoms with Crippen LogP contribution in [0.5, 0.6) is 0 Å². The first-order valence-corrected chi connectivity index (χ1v) is 6.78. The van der Waals surface area contributed by atoms with E-state index in [4.69, 9.17) is 4.42 Å². The van der Waals surface area contributed by atoms with Gasteiger partial charge in [0.25, 0.3) is 0 Å². The number of hydrogen-bond donors (Lipinski definition) is 1. The number of aromatic nitrogens is 2. The molecule has 1 aromatic rings. The molecule has 0 saturated heterocycles. The molecule has 4 nitrogen and oxygen atoms in total. The molecule has 0 amide bonds. The van der Waals surface area contributed by atoms with Crippen molar-refractivity contribution in [1.29, 1.82) is 0 Å². The molecule has 1 heterocycles. The molecule has 0 aliphatic heterocycles. The van der Waals surface area contributed by atoms with Crippen molar-refractivity contribution >= 4 is 0 Å². The van der Waals surface area contributed by atoms with Gasteiger partial charge in [-0.3, -0.25) is 0 Å². The van der Waals surface area contributed by atoms with Crippen LogP contribution in [0.3, 0.4) is 0 Å². The number of nitrogens with zero attached hydrogens (tertiary/aromatic N) is 2. The topological polar surface area (TPSA) is 51.0 Å². The molecule has 96 valence electrons. The van der Waals surface area contributed by atoms with Gasteiger partial charge in [-0.05, 0) is 32.4 Å². The van der Waals surface area contributed by atoms with Crippen LogP contribution in [0.1, 0.15) is 57.7 Å². The Morgan fingerprint density at radius 3 is 2.76 bits per heavy atom. The SMILES string of the molecule is CCNCCCc1nnc(C2(C)CCCC2)o1. The first-order valence-electron chi connectivity index (χ1n) is 6.78. The Morgan fingerprint density at radius 1 is 1.29 bits per heavy atom. The summed E-state index contributed by atoms with van der Waals surface area (Å²) in [5.74, 6) is 1.65. The third kappa shape index (κ3) is 3.06. The van der Waals surface area contributed by atoms with Crippen molar-refractivity contribution in [3.63, 3.8) is 0 Å². The van der Waals surface area contributed by atoms with E-state index in [0.29, 0.717) is 0 Å². The van der Waals surface area contributed by atoms with Crippen molar-refractivity contribution in [3.8, 4) is 0 Å². The second-order valence-electron chi connectivity index (χ2n) is 5.23. The predicted molar refractivity (Wildman–Crippen MR) is 67.0 cm³/mol. The van der Waals surface area contributed by atoms with Gasteiger partial charge in [-0.1, -0.05) is 26.7 Å². The van der Waals surface area contributed by atoms with Gasteiger partial charge in [0.15, 0.2) is 0 Å². The Kier molecular flexibility index (Phi) is 4.15. The smallest absolute Gasteiger partial charge is 0.222 e. The van der Waals surface area contributed by atoms with Crippen LogP contribution in [0.2, 0.25) is 0 Å². The quantitative estimate of drug-likeness (QED) is 0.772. The summed E-state index contributed by atoms with van der Waals surface area (Å²) >= 11 is 0. The number of rotatable bonds is 6. The Labute approximate surface area is 103 Å². The van der Waals surface area contributed by atoms with E-state index >= 15 is 0 Å². The van der Waals surface area contributed by atoms with Crippen molar-refractivity contribution in [2.75, 3.05) is 13.1 Å². The Bertz CT molecular complexity index is 342. The minimum atomic E-state index is 0.146. The Balaban J connectivity index is 1.87. The van der Waals surface area contributed by atoms with E-state index in [-0.39, 0.29) is 5.41 Å². The third-order valence-electron chi connectivity index (χ3n) is 3.68. The normalized spacial score (nSPS) is 18.7. The van der Waals surface area contributed by atoms with Gasteiger partial charge in [-0.2, -0.15) is 0 Å². The maximum atomic E-state index is 5.80. The number of hydrogen-bond acceptors (Lipinski definition) is 4. The van der Waals surface area contributed by atoms with Crippen LogP contribution < -0.4 is 5.32 Å². The minimum absolute atomic E-state index is 0.146. The van der Waals surface area contributed by atoms with E-state index in [1.54, 1.807) is 0 Å². The highest BCUT2D eigenvalue weighted by molar-refractivity contribution is 5.04. The fraction of sp³-hybridized carbons (Fsp3) is 0.846. The second kappa shape index (κ2) is 5.63. The molecule has 1 saturated carbocycles. The summed E-state index contributed by atoms with van der Waals surface area (Å²) in [6.07, 6.45) is 6.89. The Morgan fingerprint density at radius 2 is 2.06 bits per heavy atom. The molecule has 1 aliphatic rings. The fourth-order valence-corrected chi connectivity index (χ4v) is 2.51. The third-order valence-corrected chi connectivity index (χ3v) is 3.68. The zero-order chi connectivity index (χ0) is 12.1. The number of nitrogens with one attached hydrogen (secondary N) is 1. The molecule has 17 heavy (non-hydrogen) atoms. The van der Waals surface area contributed by atoms with Gasteiger partial charge in [-0.25, -0.2) is 0 Å². The molecule has 0 unspecified atom stereocenters. The van der Waals surface area contributed by atoms with Gasteiger partial charge in [0.05, 0.1) is 0 Å². The van der Waals surface area contributed by atoms with Crippen LogP contribution in [0.25, 0.3) is 0 Å². The van der Waals surface area contributed by atoms with E-state index in [0.717, 1.165) is 37.7 Å². The lowest BCUT2D eigenvalue weighted by Crippen LogP contribution is -2.17. The van der Waals surface area contributed by atoms with Gasteiger partial charge < -0.3 is 9.73 Å². The molecular formula is C13H23N3O. The van der Waals surface area contributed by atoms with Crippen molar-refractivity contribution in [2.24, 2.45) is 0 Å². The monoisotopic (exact) mass is 237 g/mol. The highest BCUT2D eigenvalue weighted by Gasteiger charge is 2.35. The van der Waals surface area contributed by atoms with Gasteiger partial charge in [-0.15, -0.1) is 10.2 Å². The first kappa shape index (κ1) is 12.6. The number of aryl methyl sites for hydroxylation is 1. The summed E-state index contributed by atoms with van der Waals surface area (Å²) in [6.45, 7) is 6.40. The summed E-state index contributed by atoms with van der Waals surface area (Å²) in [7, 11) is 0. The first-order chi connectivity index (χ1) is 8.24. The zero-order valence-corrected chi connectivity index (χ0v) is 11.0. The highest BCUT2D eigenvalue weighted by atomic mass is 16.4. The van der Waals surface area contributed by atoms with Gasteiger partial charge in [0.1, 0.15) is 0 Å². The van der Waals surface area contributed by atoms with Crippen LogP contribution >= 0.6 is 0 Å². The summed E-state index contributed by atoms with van der Waals surface area (Å²) in [6, 6.07) is 0. The average molecular weight is 237 g/mol. The molecule has 1 aromatic heterocycles. The molecule has 0 radical (unpaired) electrons. The maximum Gasteiger partial charge on any atom is 0.222 e. The van der Waals surface area contributed by atoms with Gasteiger partial charge in [0, 0.05) is 11.8 Å². The predicted octanol–water partition coefficient (Wildman–Crippen LogP) is 2.44. The van der Waals surface area contributed by atoms with Crippen LogP contribution in [0, 0.1) is 0 Å². The van der Waals surface area contributed by atoms with E-state index in [2.05, 4.69) is 29.4 Å². The van der Waals surface area contributed by atoms with E-state index in [1.165, 1.54) is 25.7 Å². The van der Waals surface area contributed by atoms with Crippen molar-refractivity contribution < 1.29 is 4.42 Å². The molecule has 1 fully saturated rings. The van der Waals surface area contributed by atoms with Crippen molar-refractivity contribution in [3.05, 3.63) is 11.8 Å². The van der Waals surface area contributed by atoms with E-state index in [1.807, 2.05) is 0 Å². The lowest BCUT2D eigenvalue weighted by molar-refractivity contribution is 0.335. The molecule has 2 rings (SSSR count). The zero-order valence-electron chi connectivity index (χ0n) is 11.0.